The molecule has 0 radical (unpaired) electrons. The summed E-state index contributed by atoms with van der Waals surface area (Å²) < 4.78 is 11.6. The molecule has 1 saturated carbocycles. The van der Waals surface area contributed by atoms with E-state index in [9.17, 15) is 19.5 Å². The van der Waals surface area contributed by atoms with Crippen molar-refractivity contribution in [3.63, 3.8) is 0 Å². The van der Waals surface area contributed by atoms with Crippen molar-refractivity contribution >= 4 is 44.9 Å². The second-order valence-corrected chi connectivity index (χ2v) is 12.2. The van der Waals surface area contributed by atoms with Crippen LogP contribution in [-0.4, -0.2) is 42.5 Å². The Morgan fingerprint density at radius 2 is 1.43 bits per heavy atom. The van der Waals surface area contributed by atoms with Crippen LogP contribution in [0, 0.1) is 39.5 Å². The van der Waals surface area contributed by atoms with Gasteiger partial charge in [-0.1, -0.05) is 24.3 Å². The zero-order valence-corrected chi connectivity index (χ0v) is 26.5. The summed E-state index contributed by atoms with van der Waals surface area (Å²) in [7, 11) is 2.98. The number of carbonyl (C=O) groups excluding carboxylic acids is 3. The Morgan fingerprint density at radius 1 is 0.881 bits per heavy atom. The lowest BCUT2D eigenvalue weighted by Crippen LogP contribution is -2.56. The molecule has 3 N–H and O–H groups in total. The van der Waals surface area contributed by atoms with Gasteiger partial charge < -0.3 is 25.2 Å². The van der Waals surface area contributed by atoms with Crippen LogP contribution >= 0.6 is 15.9 Å². The SMILES string of the molecule is COc1cc(C2C(C(=O)Nc3cc(C)ccc3C)C(=O)CC(C)(O)C2C(=O)Nc2cc(C)ccc2C)cc(Br)c1OC. The van der Waals surface area contributed by atoms with Crippen molar-refractivity contribution in [2.45, 2.75) is 52.6 Å². The van der Waals surface area contributed by atoms with Gasteiger partial charge in [0.2, 0.25) is 11.8 Å². The number of hydrogen-bond acceptors (Lipinski definition) is 6. The van der Waals surface area contributed by atoms with Crippen molar-refractivity contribution in [2.75, 3.05) is 24.9 Å². The van der Waals surface area contributed by atoms with E-state index in [4.69, 9.17) is 9.47 Å². The van der Waals surface area contributed by atoms with Crippen LogP contribution in [0.2, 0.25) is 0 Å². The molecule has 222 valence electrons. The van der Waals surface area contributed by atoms with E-state index in [2.05, 4.69) is 26.6 Å². The molecule has 4 unspecified atom stereocenters. The maximum absolute atomic E-state index is 14.1. The number of hydrogen-bond donors (Lipinski definition) is 3. The van der Waals surface area contributed by atoms with Crippen molar-refractivity contribution in [3.05, 3.63) is 80.8 Å². The fraction of sp³-hybridized carbons (Fsp3) is 0.364. The van der Waals surface area contributed by atoms with Crippen LogP contribution in [0.3, 0.4) is 0 Å². The smallest absolute Gasteiger partial charge is 0.235 e. The Hall–Kier alpha value is -3.69. The lowest BCUT2D eigenvalue weighted by Gasteiger charge is -2.44. The number of anilines is 2. The third kappa shape index (κ3) is 6.22. The van der Waals surface area contributed by atoms with E-state index in [0.29, 0.717) is 32.9 Å². The Bertz CT molecular complexity index is 1550. The zero-order valence-electron chi connectivity index (χ0n) is 24.9. The molecule has 2 amide bonds. The Labute approximate surface area is 254 Å². The number of aryl methyl sites for hydroxylation is 4. The Morgan fingerprint density at radius 3 is 1.95 bits per heavy atom. The minimum atomic E-state index is -1.75. The van der Waals surface area contributed by atoms with Crippen LogP contribution in [0.25, 0.3) is 0 Å². The normalized spacial score (nSPS) is 21.9. The first-order valence-corrected chi connectivity index (χ1v) is 14.5. The molecular weight excluding hydrogens is 600 g/mol. The zero-order chi connectivity index (χ0) is 30.9. The van der Waals surface area contributed by atoms with E-state index in [0.717, 1.165) is 22.3 Å². The number of amides is 2. The van der Waals surface area contributed by atoms with Gasteiger partial charge in [-0.2, -0.15) is 0 Å². The second-order valence-electron chi connectivity index (χ2n) is 11.3. The molecule has 0 aromatic heterocycles. The fourth-order valence-corrected chi connectivity index (χ4v) is 6.41. The summed E-state index contributed by atoms with van der Waals surface area (Å²) >= 11 is 3.51. The van der Waals surface area contributed by atoms with Crippen molar-refractivity contribution in [1.82, 2.24) is 0 Å². The molecule has 0 bridgehead atoms. The summed E-state index contributed by atoms with van der Waals surface area (Å²) in [5, 5.41) is 17.6. The number of rotatable bonds is 7. The van der Waals surface area contributed by atoms with Gasteiger partial charge in [-0.3, -0.25) is 14.4 Å². The molecule has 9 heteroatoms. The maximum Gasteiger partial charge on any atom is 0.235 e. The van der Waals surface area contributed by atoms with Crippen LogP contribution in [-0.2, 0) is 14.4 Å². The molecule has 1 aliphatic carbocycles. The van der Waals surface area contributed by atoms with E-state index in [1.807, 2.05) is 64.1 Å². The number of halogens is 1. The first kappa shape index (κ1) is 31.3. The first-order chi connectivity index (χ1) is 19.8. The highest BCUT2D eigenvalue weighted by atomic mass is 79.9. The predicted molar refractivity (Wildman–Crippen MR) is 166 cm³/mol. The van der Waals surface area contributed by atoms with Crippen LogP contribution in [0.15, 0.2) is 53.0 Å². The van der Waals surface area contributed by atoms with Gasteiger partial charge in [-0.05, 0) is 103 Å². The molecule has 1 fully saturated rings. The van der Waals surface area contributed by atoms with E-state index in [1.165, 1.54) is 21.1 Å². The van der Waals surface area contributed by atoms with Gasteiger partial charge in [0.15, 0.2) is 11.5 Å². The second kappa shape index (κ2) is 12.3. The van der Waals surface area contributed by atoms with Gasteiger partial charge in [0.05, 0.1) is 30.2 Å². The average molecular weight is 638 g/mol. The number of ketones is 1. The summed E-state index contributed by atoms with van der Waals surface area (Å²) in [6.07, 6.45) is -0.367. The molecule has 3 aromatic carbocycles. The minimum absolute atomic E-state index is 0.349. The van der Waals surface area contributed by atoms with Crippen molar-refractivity contribution < 1.29 is 29.0 Å². The number of aliphatic hydroxyl groups is 1. The van der Waals surface area contributed by atoms with Crippen LogP contribution in [0.5, 0.6) is 11.5 Å². The van der Waals surface area contributed by atoms with Crippen molar-refractivity contribution in [2.24, 2.45) is 11.8 Å². The lowest BCUT2D eigenvalue weighted by atomic mass is 9.61. The number of methoxy groups -OCH3 is 2. The first-order valence-electron chi connectivity index (χ1n) is 13.7. The molecule has 4 rings (SSSR count). The van der Waals surface area contributed by atoms with E-state index < -0.39 is 41.0 Å². The summed E-state index contributed by atoms with van der Waals surface area (Å²) in [4.78, 5) is 41.9. The number of benzene rings is 3. The van der Waals surface area contributed by atoms with Gasteiger partial charge in [-0.15, -0.1) is 0 Å². The van der Waals surface area contributed by atoms with Crippen molar-refractivity contribution in [1.29, 1.82) is 0 Å². The highest BCUT2D eigenvalue weighted by Crippen LogP contribution is 2.49. The van der Waals surface area contributed by atoms with Crippen LogP contribution in [0.1, 0.15) is 47.1 Å². The van der Waals surface area contributed by atoms with Gasteiger partial charge in [0, 0.05) is 23.7 Å². The van der Waals surface area contributed by atoms with Crippen LogP contribution < -0.4 is 20.1 Å². The maximum atomic E-state index is 14.1. The molecule has 0 heterocycles. The topological polar surface area (TPSA) is 114 Å². The molecule has 42 heavy (non-hydrogen) atoms. The molecule has 0 spiro atoms. The Kier molecular flexibility index (Phi) is 9.13. The summed E-state index contributed by atoms with van der Waals surface area (Å²) in [6.45, 7) is 9.05. The fourth-order valence-electron chi connectivity index (χ4n) is 5.78. The molecule has 3 aromatic rings. The number of carbonyl (C=O) groups is 3. The standard InChI is InChI=1S/C33H37BrN2O6/c1-17-8-10-19(3)23(12-17)35-31(38)28-25(37)16-33(5,40)29(32(39)36-24-13-18(2)9-11-20(24)4)27(28)21-14-22(34)30(42-7)26(15-21)41-6/h8-15,27-29,40H,16H2,1-7H3,(H,35,38)(H,36,39). The Balaban J connectivity index is 1.88. The average Bonchev–Trinajstić information content (AvgIpc) is 2.91. The summed E-state index contributed by atoms with van der Waals surface area (Å²) in [5.41, 5.74) is 3.46. The number of nitrogens with one attached hydrogen (secondary N) is 2. The lowest BCUT2D eigenvalue weighted by molar-refractivity contribution is -0.150. The van der Waals surface area contributed by atoms with Crippen molar-refractivity contribution in [3.8, 4) is 11.5 Å². The highest BCUT2D eigenvalue weighted by Gasteiger charge is 2.56. The molecule has 0 saturated heterocycles. The number of ether oxygens (including phenoxy) is 2. The highest BCUT2D eigenvalue weighted by molar-refractivity contribution is 9.10. The number of Topliss-reactive ketones (excluding diaryl/α,β-unsaturated/α-hetero) is 1. The molecule has 4 atom stereocenters. The van der Waals surface area contributed by atoms with Crippen LogP contribution in [0.4, 0.5) is 11.4 Å². The minimum Gasteiger partial charge on any atom is -0.493 e. The van der Waals surface area contributed by atoms with Gasteiger partial charge in [-0.25, -0.2) is 0 Å². The summed E-state index contributed by atoms with van der Waals surface area (Å²) in [6, 6.07) is 14.7. The quantitative estimate of drug-likeness (QED) is 0.273. The van der Waals surface area contributed by atoms with E-state index >= 15 is 0 Å². The van der Waals surface area contributed by atoms with Gasteiger partial charge in [0.25, 0.3) is 0 Å². The largest absolute Gasteiger partial charge is 0.493 e. The molecular formula is C33H37BrN2O6. The van der Waals surface area contributed by atoms with Gasteiger partial charge >= 0.3 is 0 Å². The molecule has 1 aliphatic rings. The van der Waals surface area contributed by atoms with Gasteiger partial charge in [0.1, 0.15) is 11.7 Å². The monoisotopic (exact) mass is 636 g/mol. The van der Waals surface area contributed by atoms with E-state index in [-0.39, 0.29) is 6.42 Å². The summed E-state index contributed by atoms with van der Waals surface area (Å²) in [5.74, 6) is -4.22. The molecule has 0 aliphatic heterocycles. The molecule has 8 nitrogen and oxygen atoms in total. The van der Waals surface area contributed by atoms with E-state index in [1.54, 1.807) is 12.1 Å². The predicted octanol–water partition coefficient (Wildman–Crippen LogP) is 6.02. The third-order valence-corrected chi connectivity index (χ3v) is 8.56. The third-order valence-electron chi connectivity index (χ3n) is 7.97.